The lowest BCUT2D eigenvalue weighted by Gasteiger charge is -2.16. The number of hydrogen-bond donors (Lipinski definition) is 0. The summed E-state index contributed by atoms with van der Waals surface area (Å²) >= 11 is 0. The van der Waals surface area contributed by atoms with Crippen LogP contribution in [0.2, 0.25) is 0 Å². The Morgan fingerprint density at radius 3 is 2.68 bits per heavy atom. The number of hydrogen-bond acceptors (Lipinski definition) is 4. The molecule has 3 heterocycles. The summed E-state index contributed by atoms with van der Waals surface area (Å²) in [4.78, 5) is 15.1. The van der Waals surface area contributed by atoms with Gasteiger partial charge in [-0.2, -0.15) is 5.10 Å². The number of aryl methyl sites for hydroxylation is 2. The van der Waals surface area contributed by atoms with Crippen LogP contribution in [-0.4, -0.2) is 24.3 Å². The van der Waals surface area contributed by atoms with Crippen molar-refractivity contribution >= 4 is 16.7 Å². The van der Waals surface area contributed by atoms with Crippen LogP contribution < -0.4 is 0 Å². The molecule has 0 atom stereocenters. The van der Waals surface area contributed by atoms with Crippen LogP contribution in [0, 0.1) is 10.1 Å². The lowest BCUT2D eigenvalue weighted by molar-refractivity contribution is -0.384. The van der Waals surface area contributed by atoms with Gasteiger partial charge < -0.3 is 0 Å². The quantitative estimate of drug-likeness (QED) is 0.417. The van der Waals surface area contributed by atoms with Crippen LogP contribution in [0.25, 0.3) is 28.1 Å². The van der Waals surface area contributed by atoms with Crippen LogP contribution in [0.4, 0.5) is 5.69 Å². The van der Waals surface area contributed by atoms with E-state index in [9.17, 15) is 10.1 Å². The highest BCUT2D eigenvalue weighted by molar-refractivity contribution is 5.78. The third-order valence-electron chi connectivity index (χ3n) is 4.54. The molecule has 2 aromatic carbocycles. The monoisotopic (exact) mass is 331 g/mol. The normalized spacial score (nSPS) is 12.8. The average Bonchev–Trinajstić information content (AvgIpc) is 3.22. The molecule has 0 N–H and O–H groups in total. The molecule has 0 saturated heterocycles. The first-order valence-electron chi connectivity index (χ1n) is 8.00. The van der Waals surface area contributed by atoms with Gasteiger partial charge in [0, 0.05) is 30.2 Å². The Bertz CT molecular complexity index is 1120. The minimum atomic E-state index is -0.397. The van der Waals surface area contributed by atoms with Gasteiger partial charge in [0.25, 0.3) is 5.69 Å². The number of imidazole rings is 1. The molecule has 0 aliphatic carbocycles. The summed E-state index contributed by atoms with van der Waals surface area (Å²) in [6.07, 6.45) is 0.822. The summed E-state index contributed by atoms with van der Waals surface area (Å²) in [7, 11) is 0. The Kier molecular flexibility index (Phi) is 2.79. The van der Waals surface area contributed by atoms with Crippen LogP contribution >= 0.6 is 0 Å². The maximum absolute atomic E-state index is 10.8. The van der Waals surface area contributed by atoms with E-state index in [0.717, 1.165) is 46.9 Å². The topological polar surface area (TPSA) is 78.8 Å². The second-order valence-corrected chi connectivity index (χ2v) is 6.02. The molecule has 7 nitrogen and oxygen atoms in total. The minimum absolute atomic E-state index is 0.0793. The van der Waals surface area contributed by atoms with Gasteiger partial charge in [-0.25, -0.2) is 9.67 Å². The van der Waals surface area contributed by atoms with Crippen LogP contribution in [0.5, 0.6) is 0 Å². The molecular weight excluding hydrogens is 318 g/mol. The molecule has 0 fully saturated rings. The van der Waals surface area contributed by atoms with E-state index in [1.54, 1.807) is 12.1 Å². The van der Waals surface area contributed by atoms with Gasteiger partial charge in [-0.05, 0) is 24.3 Å². The predicted octanol–water partition coefficient (Wildman–Crippen LogP) is 3.35. The smallest absolute Gasteiger partial charge is 0.269 e. The Balaban J connectivity index is 1.65. The largest absolute Gasteiger partial charge is 0.280 e. The van der Waals surface area contributed by atoms with Crippen LogP contribution in [0.1, 0.15) is 5.82 Å². The zero-order chi connectivity index (χ0) is 17.0. The SMILES string of the molecule is O=[N+]([O-])c1ccc(-c2cc3n(n2)CCc2nc4ccccc4n2-3)cc1. The van der Waals surface area contributed by atoms with E-state index >= 15 is 0 Å². The van der Waals surface area contributed by atoms with Crippen molar-refractivity contribution < 1.29 is 4.92 Å². The maximum atomic E-state index is 10.8. The van der Waals surface area contributed by atoms with E-state index in [1.165, 1.54) is 12.1 Å². The van der Waals surface area contributed by atoms with Gasteiger partial charge in [-0.15, -0.1) is 0 Å². The molecule has 25 heavy (non-hydrogen) atoms. The van der Waals surface area contributed by atoms with Gasteiger partial charge in [0.2, 0.25) is 0 Å². The highest BCUT2D eigenvalue weighted by Gasteiger charge is 2.22. The van der Waals surface area contributed by atoms with Gasteiger partial charge in [-0.1, -0.05) is 12.1 Å². The predicted molar refractivity (Wildman–Crippen MR) is 92.6 cm³/mol. The number of para-hydroxylation sites is 2. The van der Waals surface area contributed by atoms with Crippen molar-refractivity contribution in [2.75, 3.05) is 0 Å². The van der Waals surface area contributed by atoms with Crippen molar-refractivity contribution in [2.45, 2.75) is 13.0 Å². The molecule has 5 rings (SSSR count). The number of nitro groups is 1. The van der Waals surface area contributed by atoms with E-state index in [1.807, 2.05) is 28.9 Å². The second kappa shape index (κ2) is 5.01. The van der Waals surface area contributed by atoms with Gasteiger partial charge in [0.15, 0.2) is 0 Å². The first kappa shape index (κ1) is 13.9. The molecule has 0 unspecified atom stereocenters. The number of fused-ring (bicyclic) bond motifs is 5. The summed E-state index contributed by atoms with van der Waals surface area (Å²) in [6.45, 7) is 0.769. The fourth-order valence-corrected chi connectivity index (χ4v) is 3.35. The second-order valence-electron chi connectivity index (χ2n) is 6.02. The number of nitro benzene ring substituents is 1. The Morgan fingerprint density at radius 1 is 1.08 bits per heavy atom. The number of aromatic nitrogens is 4. The van der Waals surface area contributed by atoms with E-state index in [-0.39, 0.29) is 5.69 Å². The number of nitrogens with zero attached hydrogens (tertiary/aromatic N) is 5. The highest BCUT2D eigenvalue weighted by atomic mass is 16.6. The van der Waals surface area contributed by atoms with Gasteiger partial charge >= 0.3 is 0 Å². The van der Waals surface area contributed by atoms with E-state index in [2.05, 4.69) is 15.7 Å². The van der Waals surface area contributed by atoms with Crippen molar-refractivity contribution in [3.8, 4) is 17.1 Å². The Morgan fingerprint density at radius 2 is 1.88 bits per heavy atom. The van der Waals surface area contributed by atoms with Crippen LogP contribution in [0.3, 0.4) is 0 Å². The fourth-order valence-electron chi connectivity index (χ4n) is 3.35. The van der Waals surface area contributed by atoms with E-state index in [0.29, 0.717) is 0 Å². The molecule has 4 aromatic rings. The van der Waals surface area contributed by atoms with Crippen molar-refractivity contribution in [3.63, 3.8) is 0 Å². The summed E-state index contributed by atoms with van der Waals surface area (Å²) < 4.78 is 4.11. The average molecular weight is 331 g/mol. The highest BCUT2D eigenvalue weighted by Crippen LogP contribution is 2.29. The molecule has 7 heteroatoms. The Labute approximate surface area is 142 Å². The molecular formula is C18H13N5O2. The molecule has 0 spiro atoms. The van der Waals surface area contributed by atoms with E-state index < -0.39 is 4.92 Å². The Hall–Kier alpha value is -3.48. The molecule has 0 amide bonds. The van der Waals surface area contributed by atoms with Crippen molar-refractivity contribution in [1.82, 2.24) is 19.3 Å². The molecule has 0 radical (unpaired) electrons. The van der Waals surface area contributed by atoms with Crippen molar-refractivity contribution in [1.29, 1.82) is 0 Å². The standard InChI is InChI=1S/C18H13N5O2/c24-23(25)13-7-5-12(6-8-13)15-11-18-21(20-15)10-9-17-19-14-3-1-2-4-16(14)22(17)18/h1-8,11H,9-10H2. The van der Waals surface area contributed by atoms with Crippen LogP contribution in [0.15, 0.2) is 54.6 Å². The van der Waals surface area contributed by atoms with Gasteiger partial charge in [0.05, 0.1) is 28.2 Å². The van der Waals surface area contributed by atoms with Gasteiger partial charge in [0.1, 0.15) is 11.6 Å². The van der Waals surface area contributed by atoms with Crippen molar-refractivity contribution in [3.05, 3.63) is 70.5 Å². The summed E-state index contributed by atoms with van der Waals surface area (Å²) in [5.74, 6) is 2.01. The van der Waals surface area contributed by atoms with Crippen LogP contribution in [-0.2, 0) is 13.0 Å². The first-order chi connectivity index (χ1) is 12.2. The molecule has 0 bridgehead atoms. The molecule has 2 aromatic heterocycles. The zero-order valence-electron chi connectivity index (χ0n) is 13.2. The lowest BCUT2D eigenvalue weighted by atomic mass is 10.1. The van der Waals surface area contributed by atoms with Gasteiger partial charge in [-0.3, -0.25) is 14.7 Å². The van der Waals surface area contributed by atoms with Crippen molar-refractivity contribution in [2.24, 2.45) is 0 Å². The summed E-state index contributed by atoms with van der Waals surface area (Å²) in [5, 5.41) is 15.5. The third-order valence-corrected chi connectivity index (χ3v) is 4.54. The lowest BCUT2D eigenvalue weighted by Crippen LogP contribution is -2.18. The first-order valence-corrected chi connectivity index (χ1v) is 8.00. The number of rotatable bonds is 2. The number of benzene rings is 2. The summed E-state index contributed by atoms with van der Waals surface area (Å²) in [5.41, 5.74) is 3.78. The third kappa shape index (κ3) is 2.06. The summed E-state index contributed by atoms with van der Waals surface area (Å²) in [6, 6.07) is 16.6. The maximum Gasteiger partial charge on any atom is 0.269 e. The molecule has 0 saturated carbocycles. The van der Waals surface area contributed by atoms with E-state index in [4.69, 9.17) is 4.98 Å². The minimum Gasteiger partial charge on any atom is -0.280 e. The zero-order valence-corrected chi connectivity index (χ0v) is 13.2. The molecule has 1 aliphatic rings. The number of non-ortho nitro benzene ring substituents is 1. The molecule has 122 valence electrons. The fraction of sp³-hybridized carbons (Fsp3) is 0.111. The molecule has 1 aliphatic heterocycles.